The monoisotopic (exact) mass is 474 g/mol. The molecule has 1 saturated carbocycles. The van der Waals surface area contributed by atoms with Crippen molar-refractivity contribution in [2.24, 2.45) is 5.92 Å². The number of nitrogens with one attached hydrogen (secondary N) is 2. The summed E-state index contributed by atoms with van der Waals surface area (Å²) < 4.78 is 0. The van der Waals surface area contributed by atoms with Crippen molar-refractivity contribution in [2.45, 2.75) is 51.0 Å². The smallest absolute Gasteiger partial charge is 0.227 e. The molecule has 1 amide bonds. The summed E-state index contributed by atoms with van der Waals surface area (Å²) in [7, 11) is 0. The van der Waals surface area contributed by atoms with Crippen molar-refractivity contribution in [3.05, 3.63) is 65.0 Å². The van der Waals surface area contributed by atoms with Gasteiger partial charge >= 0.3 is 0 Å². The number of carbonyl (C=O) groups excluding carboxylic acids is 1. The maximum atomic E-state index is 12.3. The van der Waals surface area contributed by atoms with Gasteiger partial charge in [-0.25, -0.2) is 4.98 Å². The van der Waals surface area contributed by atoms with Crippen LogP contribution in [-0.2, 0) is 11.2 Å². The van der Waals surface area contributed by atoms with Gasteiger partial charge in [0, 0.05) is 60.3 Å². The summed E-state index contributed by atoms with van der Waals surface area (Å²) in [5.41, 5.74) is 4.43. The number of amides is 1. The summed E-state index contributed by atoms with van der Waals surface area (Å²) in [6, 6.07) is 19.3. The van der Waals surface area contributed by atoms with Crippen LogP contribution in [0.15, 0.2) is 60.0 Å². The van der Waals surface area contributed by atoms with Crippen LogP contribution in [0.3, 0.4) is 0 Å². The summed E-state index contributed by atoms with van der Waals surface area (Å²) in [6.07, 6.45) is 7.70. The van der Waals surface area contributed by atoms with Crippen LogP contribution < -0.4 is 15.5 Å². The molecule has 0 spiro atoms. The highest BCUT2D eigenvalue weighted by molar-refractivity contribution is 7.09. The SMILES string of the molecule is O=C(Nc1ccc(N2CCC(NCCc3nc(-c4ccccc4)cs3)CC2)cc1)C1CCCC1. The molecule has 0 radical (unpaired) electrons. The van der Waals surface area contributed by atoms with Crippen molar-refractivity contribution in [3.8, 4) is 11.3 Å². The molecule has 1 aliphatic carbocycles. The van der Waals surface area contributed by atoms with Crippen LogP contribution >= 0.6 is 11.3 Å². The molecule has 1 saturated heterocycles. The highest BCUT2D eigenvalue weighted by Crippen LogP contribution is 2.27. The molecule has 3 aromatic rings. The van der Waals surface area contributed by atoms with E-state index in [4.69, 9.17) is 4.98 Å². The molecule has 2 heterocycles. The summed E-state index contributed by atoms with van der Waals surface area (Å²) >= 11 is 1.75. The van der Waals surface area contributed by atoms with Gasteiger partial charge in [0.15, 0.2) is 0 Å². The van der Waals surface area contributed by atoms with E-state index in [-0.39, 0.29) is 11.8 Å². The molecule has 0 bridgehead atoms. The van der Waals surface area contributed by atoms with Crippen LogP contribution in [0.4, 0.5) is 11.4 Å². The minimum atomic E-state index is 0.186. The molecular weight excluding hydrogens is 440 g/mol. The van der Waals surface area contributed by atoms with Gasteiger partial charge in [-0.3, -0.25) is 4.79 Å². The first-order chi connectivity index (χ1) is 16.7. The van der Waals surface area contributed by atoms with E-state index in [9.17, 15) is 4.79 Å². The van der Waals surface area contributed by atoms with Crippen molar-refractivity contribution >= 4 is 28.6 Å². The number of rotatable bonds is 8. The maximum Gasteiger partial charge on any atom is 0.227 e. The van der Waals surface area contributed by atoms with Crippen molar-refractivity contribution < 1.29 is 4.79 Å². The number of benzene rings is 2. The van der Waals surface area contributed by atoms with Gasteiger partial charge in [-0.15, -0.1) is 11.3 Å². The number of anilines is 2. The van der Waals surface area contributed by atoms with Crippen LogP contribution in [0.5, 0.6) is 0 Å². The van der Waals surface area contributed by atoms with E-state index >= 15 is 0 Å². The largest absolute Gasteiger partial charge is 0.371 e. The average Bonchev–Trinajstić information content (AvgIpc) is 3.59. The molecule has 2 N–H and O–H groups in total. The highest BCUT2D eigenvalue weighted by atomic mass is 32.1. The first kappa shape index (κ1) is 23.1. The molecule has 5 rings (SSSR count). The average molecular weight is 475 g/mol. The number of piperidine rings is 1. The first-order valence-corrected chi connectivity index (χ1v) is 13.5. The van der Waals surface area contributed by atoms with Crippen LogP contribution in [0.25, 0.3) is 11.3 Å². The molecule has 0 unspecified atom stereocenters. The van der Waals surface area contributed by atoms with Crippen LogP contribution in [-0.4, -0.2) is 36.6 Å². The lowest BCUT2D eigenvalue weighted by Crippen LogP contribution is -2.43. The molecule has 5 nitrogen and oxygen atoms in total. The lowest BCUT2D eigenvalue weighted by Gasteiger charge is -2.34. The molecular formula is C28H34N4OS. The first-order valence-electron chi connectivity index (χ1n) is 12.6. The zero-order chi connectivity index (χ0) is 23.2. The Kier molecular flexibility index (Phi) is 7.56. The number of hydrogen-bond donors (Lipinski definition) is 2. The van der Waals surface area contributed by atoms with Gasteiger partial charge in [-0.05, 0) is 49.9 Å². The molecule has 34 heavy (non-hydrogen) atoms. The molecule has 2 fully saturated rings. The standard InChI is InChI=1S/C28H34N4OS/c33-28(22-8-4-5-9-22)30-24-10-12-25(13-11-24)32-18-15-23(16-19-32)29-17-14-27-31-26(20-34-27)21-6-2-1-3-7-21/h1-3,6-7,10-13,20,22-23,29H,4-5,8-9,14-19H2,(H,30,33). The van der Waals surface area contributed by atoms with Gasteiger partial charge in [-0.2, -0.15) is 0 Å². The maximum absolute atomic E-state index is 12.3. The Hall–Kier alpha value is -2.70. The van der Waals surface area contributed by atoms with Gasteiger partial charge in [0.05, 0.1) is 10.7 Å². The molecule has 1 aromatic heterocycles. The van der Waals surface area contributed by atoms with Crippen LogP contribution in [0, 0.1) is 5.92 Å². The van der Waals surface area contributed by atoms with E-state index in [1.807, 2.05) is 18.2 Å². The summed E-state index contributed by atoms with van der Waals surface area (Å²) in [5, 5.41) is 10.2. The lowest BCUT2D eigenvalue weighted by atomic mass is 10.0. The molecule has 1 aliphatic heterocycles. The number of aromatic nitrogens is 1. The Balaban J connectivity index is 1.04. The Labute approximate surface area is 206 Å². The fraction of sp³-hybridized carbons (Fsp3) is 0.429. The molecule has 0 atom stereocenters. The number of carbonyl (C=O) groups is 1. The fourth-order valence-electron chi connectivity index (χ4n) is 5.08. The summed E-state index contributed by atoms with van der Waals surface area (Å²) in [5.74, 6) is 0.388. The van der Waals surface area contributed by atoms with E-state index in [2.05, 4.69) is 57.3 Å². The van der Waals surface area contributed by atoms with E-state index in [0.29, 0.717) is 6.04 Å². The third kappa shape index (κ3) is 5.86. The van der Waals surface area contributed by atoms with Crippen molar-refractivity contribution in [2.75, 3.05) is 29.9 Å². The van der Waals surface area contributed by atoms with Crippen molar-refractivity contribution in [1.29, 1.82) is 0 Å². The zero-order valence-corrected chi connectivity index (χ0v) is 20.5. The predicted molar refractivity (Wildman–Crippen MR) is 142 cm³/mol. The van der Waals surface area contributed by atoms with Gasteiger partial charge in [-0.1, -0.05) is 43.2 Å². The molecule has 178 valence electrons. The number of nitrogens with zero attached hydrogens (tertiary/aromatic N) is 2. The second-order valence-corrected chi connectivity index (χ2v) is 10.4. The lowest BCUT2D eigenvalue weighted by molar-refractivity contribution is -0.119. The quantitative estimate of drug-likeness (QED) is 0.437. The predicted octanol–water partition coefficient (Wildman–Crippen LogP) is 5.74. The van der Waals surface area contributed by atoms with E-state index in [0.717, 1.165) is 63.1 Å². The van der Waals surface area contributed by atoms with E-state index < -0.39 is 0 Å². The molecule has 2 aromatic carbocycles. The topological polar surface area (TPSA) is 57.3 Å². The normalized spacial score (nSPS) is 17.2. The van der Waals surface area contributed by atoms with E-state index in [1.165, 1.54) is 29.1 Å². The zero-order valence-electron chi connectivity index (χ0n) is 19.7. The minimum Gasteiger partial charge on any atom is -0.371 e. The second kappa shape index (κ2) is 11.2. The van der Waals surface area contributed by atoms with Gasteiger partial charge in [0.25, 0.3) is 0 Å². The van der Waals surface area contributed by atoms with E-state index in [1.54, 1.807) is 11.3 Å². The summed E-state index contributed by atoms with van der Waals surface area (Å²) in [4.78, 5) is 19.6. The van der Waals surface area contributed by atoms with Crippen LogP contribution in [0.1, 0.15) is 43.5 Å². The highest BCUT2D eigenvalue weighted by Gasteiger charge is 2.23. The third-order valence-electron chi connectivity index (χ3n) is 7.11. The Morgan fingerprint density at radius 3 is 2.44 bits per heavy atom. The summed E-state index contributed by atoms with van der Waals surface area (Å²) in [6.45, 7) is 3.09. The molecule has 6 heteroatoms. The number of thiazole rings is 1. The van der Waals surface area contributed by atoms with Crippen molar-refractivity contribution in [1.82, 2.24) is 10.3 Å². The Morgan fingerprint density at radius 2 is 1.71 bits per heavy atom. The number of hydrogen-bond acceptors (Lipinski definition) is 5. The van der Waals surface area contributed by atoms with Crippen LogP contribution in [0.2, 0.25) is 0 Å². The third-order valence-corrected chi connectivity index (χ3v) is 8.02. The Bertz CT molecular complexity index is 1050. The molecule has 2 aliphatic rings. The van der Waals surface area contributed by atoms with Gasteiger partial charge in [0.1, 0.15) is 0 Å². The minimum absolute atomic E-state index is 0.186. The van der Waals surface area contributed by atoms with Crippen molar-refractivity contribution in [3.63, 3.8) is 0 Å². The van der Waals surface area contributed by atoms with Gasteiger partial charge in [0.2, 0.25) is 5.91 Å². The Morgan fingerprint density at radius 1 is 0.971 bits per heavy atom. The fourth-order valence-corrected chi connectivity index (χ4v) is 5.89. The van der Waals surface area contributed by atoms with Gasteiger partial charge < -0.3 is 15.5 Å². The second-order valence-electron chi connectivity index (χ2n) is 9.48.